The van der Waals surface area contributed by atoms with Crippen LogP contribution in [0.15, 0.2) is 22.3 Å². The highest BCUT2D eigenvalue weighted by Gasteiger charge is 2.88. The van der Waals surface area contributed by atoms with Crippen LogP contribution in [0.1, 0.15) is 92.9 Å². The average molecular weight is 635 g/mol. The van der Waals surface area contributed by atoms with E-state index in [1.165, 1.54) is 51.4 Å². The monoisotopic (exact) mass is 634 g/mol. The minimum atomic E-state index is -1.11. The van der Waals surface area contributed by atoms with Crippen LogP contribution in [0.2, 0.25) is 0 Å². The van der Waals surface area contributed by atoms with E-state index >= 15 is 0 Å². The van der Waals surface area contributed by atoms with E-state index in [0.717, 1.165) is 76.9 Å². The summed E-state index contributed by atoms with van der Waals surface area (Å²) in [6.07, 6.45) is 11.3. The lowest BCUT2D eigenvalue weighted by Crippen LogP contribution is -2.54. The molecule has 0 bridgehead atoms. The molecule has 0 aromatic heterocycles. The Bertz CT molecular complexity index is 1640. The normalized spacial score (nSPS) is 58.8. The molecule has 250 valence electrons. The van der Waals surface area contributed by atoms with Crippen molar-refractivity contribution in [1.82, 2.24) is 0 Å². The standard InChI is InChI=1S/C43H54O4/c1-41(2,3)46-39(44)43(40(45)47-42(4,5)6)37-21-13-19-11-17-9-15-7-8-16-10-18-12-20-14-22(38(37)43)30-29(21)33-27(19)25(17)31-23(15)24(16)32-26(18)28(20)34(30)36(33)35(31)32/h15-25,27,29-31,33,35-38H,7-14H2,1-6H3/t15-,16+,17+,18+,19+,20+,21-,22+,23+,24-,25+,27-,29+,30-,31?,33-,35?,36?,37+,38-/m0/s1. The van der Waals surface area contributed by atoms with Crippen LogP contribution in [0.5, 0.6) is 0 Å². The van der Waals surface area contributed by atoms with Gasteiger partial charge in [0.25, 0.3) is 0 Å². The summed E-state index contributed by atoms with van der Waals surface area (Å²) >= 11 is 0. The molecule has 47 heavy (non-hydrogen) atoms. The molecule has 4 heteroatoms. The number of rotatable bonds is 2. The third-order valence-corrected chi connectivity index (χ3v) is 18.7. The molecule has 0 aliphatic heterocycles. The Morgan fingerprint density at radius 3 is 1.77 bits per heavy atom. The van der Waals surface area contributed by atoms with Gasteiger partial charge in [-0.3, -0.25) is 9.59 Å². The summed E-state index contributed by atoms with van der Waals surface area (Å²) in [6, 6.07) is 0. The molecule has 20 atom stereocenters. The van der Waals surface area contributed by atoms with Gasteiger partial charge < -0.3 is 9.47 Å². The van der Waals surface area contributed by atoms with Crippen LogP contribution in [0, 0.1) is 124 Å². The van der Waals surface area contributed by atoms with Crippen LogP contribution in [-0.4, -0.2) is 23.1 Å². The van der Waals surface area contributed by atoms with Crippen LogP contribution in [0.4, 0.5) is 0 Å². The number of carbonyl (C=O) groups excluding carboxylic acids is 2. The van der Waals surface area contributed by atoms with E-state index in [4.69, 9.17) is 9.47 Å². The van der Waals surface area contributed by atoms with E-state index in [1.54, 1.807) is 0 Å². The summed E-state index contributed by atoms with van der Waals surface area (Å²) < 4.78 is 12.6. The van der Waals surface area contributed by atoms with Crippen molar-refractivity contribution >= 4 is 11.9 Å². The number of fused-ring (bicyclic) bond motifs is 3. The summed E-state index contributed by atoms with van der Waals surface area (Å²) in [5.74, 6) is 14.4. The molecule has 0 aromatic rings. The van der Waals surface area contributed by atoms with E-state index < -0.39 is 16.6 Å². The van der Waals surface area contributed by atoms with Gasteiger partial charge in [0.1, 0.15) is 11.2 Å². The van der Waals surface area contributed by atoms with Gasteiger partial charge in [-0.25, -0.2) is 0 Å². The van der Waals surface area contributed by atoms with E-state index in [-0.39, 0.29) is 23.8 Å². The Morgan fingerprint density at radius 1 is 0.532 bits per heavy atom. The van der Waals surface area contributed by atoms with Crippen LogP contribution in [0.3, 0.4) is 0 Å². The molecule has 0 aromatic carbocycles. The van der Waals surface area contributed by atoms with E-state index in [2.05, 4.69) is 5.57 Å². The fourth-order valence-electron chi connectivity index (χ4n) is 19.1. The predicted molar refractivity (Wildman–Crippen MR) is 175 cm³/mol. The first kappa shape index (κ1) is 27.2. The van der Waals surface area contributed by atoms with Crippen molar-refractivity contribution in [3.05, 3.63) is 22.3 Å². The lowest BCUT2D eigenvalue weighted by Gasteiger charge is -2.58. The van der Waals surface area contributed by atoms with Crippen LogP contribution in [-0.2, 0) is 19.1 Å². The minimum Gasteiger partial charge on any atom is -0.459 e. The first-order valence-electron chi connectivity index (χ1n) is 20.3. The second-order valence-corrected chi connectivity index (χ2v) is 22.0. The summed E-state index contributed by atoms with van der Waals surface area (Å²) in [6.45, 7) is 11.9. The molecular formula is C43H54O4. The van der Waals surface area contributed by atoms with Gasteiger partial charge in [-0.1, -0.05) is 11.1 Å². The zero-order valence-electron chi connectivity index (χ0n) is 29.3. The fourth-order valence-corrected chi connectivity index (χ4v) is 19.1. The second kappa shape index (κ2) is 7.68. The Morgan fingerprint density at radius 2 is 1.09 bits per heavy atom. The third-order valence-electron chi connectivity index (χ3n) is 18.7. The van der Waals surface area contributed by atoms with Crippen molar-refractivity contribution in [1.29, 1.82) is 0 Å². The lowest BCUT2D eigenvalue weighted by atomic mass is 9.46. The van der Waals surface area contributed by atoms with Crippen LogP contribution < -0.4 is 0 Å². The Balaban J connectivity index is 1.05. The van der Waals surface area contributed by atoms with Crippen LogP contribution in [0.25, 0.3) is 0 Å². The van der Waals surface area contributed by atoms with Crippen molar-refractivity contribution in [3.63, 3.8) is 0 Å². The highest BCUT2D eigenvalue weighted by Crippen LogP contribution is 2.88. The first-order valence-corrected chi connectivity index (χ1v) is 20.3. The van der Waals surface area contributed by atoms with Crippen LogP contribution >= 0.6 is 0 Å². The molecule has 13 aliphatic carbocycles. The first-order chi connectivity index (χ1) is 22.4. The molecule has 10 saturated carbocycles. The number of esters is 2. The fraction of sp³-hybridized carbons (Fsp3) is 0.860. The van der Waals surface area contributed by atoms with Gasteiger partial charge >= 0.3 is 11.9 Å². The maximum absolute atomic E-state index is 14.8. The van der Waals surface area contributed by atoms with E-state index in [0.29, 0.717) is 29.6 Å². The Labute approximate surface area is 280 Å². The molecule has 10 fully saturated rings. The summed E-state index contributed by atoms with van der Waals surface area (Å²) in [5, 5.41) is 0. The average Bonchev–Trinajstić information content (AvgIpc) is 3.27. The number of allylic oxidation sites excluding steroid dienone is 4. The zero-order chi connectivity index (χ0) is 31.6. The van der Waals surface area contributed by atoms with Gasteiger partial charge in [-0.2, -0.15) is 0 Å². The van der Waals surface area contributed by atoms with Crippen molar-refractivity contribution in [2.75, 3.05) is 0 Å². The largest absolute Gasteiger partial charge is 0.459 e. The Hall–Kier alpha value is -1.58. The molecule has 0 N–H and O–H groups in total. The Kier molecular flexibility index (Phi) is 4.44. The van der Waals surface area contributed by atoms with Gasteiger partial charge in [-0.15, -0.1) is 0 Å². The van der Waals surface area contributed by atoms with Gasteiger partial charge in [-0.05, 0) is 222 Å². The highest BCUT2D eigenvalue weighted by atomic mass is 16.6. The third kappa shape index (κ3) is 2.72. The molecule has 0 saturated heterocycles. The van der Waals surface area contributed by atoms with Gasteiger partial charge in [0, 0.05) is 0 Å². The topological polar surface area (TPSA) is 52.6 Å². The molecule has 13 aliphatic rings. The lowest BCUT2D eigenvalue weighted by molar-refractivity contribution is -0.179. The van der Waals surface area contributed by atoms with Gasteiger partial charge in [0.05, 0.1) is 0 Å². The maximum Gasteiger partial charge on any atom is 0.324 e. The van der Waals surface area contributed by atoms with Gasteiger partial charge in [0.2, 0.25) is 0 Å². The van der Waals surface area contributed by atoms with Gasteiger partial charge in [0.15, 0.2) is 5.41 Å². The molecular weight excluding hydrogens is 580 g/mol. The quantitative estimate of drug-likeness (QED) is 0.229. The van der Waals surface area contributed by atoms with E-state index in [1.807, 2.05) is 58.3 Å². The van der Waals surface area contributed by atoms with Crippen molar-refractivity contribution in [3.8, 4) is 0 Å². The number of carbonyl (C=O) groups is 2. The SMILES string of the molecule is CC(C)(C)OC(=O)C1(C(=O)OC(C)(C)C)[C@@H]2[C@H]3C[C@H]4C[C@H]5C[C@@H]6CC[C@@H]7C[C@@H]8C[C@@H]9C[C@H]([C@@H]%10C%11=C9C8=C8C9C([C@H]6[C@@H]87)[C@H]5[C@H]4[C@H](C%119)[C@H]3%10)[C@@H]21. The van der Waals surface area contributed by atoms with E-state index in [9.17, 15) is 9.59 Å². The van der Waals surface area contributed by atoms with Crippen molar-refractivity contribution in [2.45, 2.75) is 104 Å². The second-order valence-electron chi connectivity index (χ2n) is 22.0. The summed E-state index contributed by atoms with van der Waals surface area (Å²) in [4.78, 5) is 29.5. The zero-order valence-corrected chi connectivity index (χ0v) is 29.3. The van der Waals surface area contributed by atoms with Crippen molar-refractivity contribution in [2.24, 2.45) is 124 Å². The summed E-state index contributed by atoms with van der Waals surface area (Å²) in [7, 11) is 0. The maximum atomic E-state index is 14.8. The molecule has 0 amide bonds. The smallest absolute Gasteiger partial charge is 0.324 e. The molecule has 4 nitrogen and oxygen atoms in total. The summed E-state index contributed by atoms with van der Waals surface area (Å²) in [5.41, 5.74) is 5.64. The number of hydrogen-bond acceptors (Lipinski definition) is 4. The van der Waals surface area contributed by atoms with Crippen molar-refractivity contribution < 1.29 is 19.1 Å². The molecule has 0 spiro atoms. The molecule has 13 rings (SSSR count). The predicted octanol–water partition coefficient (Wildman–Crippen LogP) is 7.87. The highest BCUT2D eigenvalue weighted by molar-refractivity contribution is 6.05. The number of hydrogen-bond donors (Lipinski definition) is 0. The molecule has 0 heterocycles. The molecule has 3 unspecified atom stereocenters. The molecule has 0 radical (unpaired) electrons. The minimum absolute atomic E-state index is 0.0963. The number of ether oxygens (including phenoxy) is 2.